The number of nitrogen functional groups attached to an aromatic ring is 1. The number of fused-ring (bicyclic) bond motifs is 1. The van der Waals surface area contributed by atoms with Gasteiger partial charge < -0.3 is 15.2 Å². The average molecular weight is 463 g/mol. The fourth-order valence-electron chi connectivity index (χ4n) is 3.78. The van der Waals surface area contributed by atoms with Crippen LogP contribution < -0.4 is 17.0 Å². The zero-order valence-corrected chi connectivity index (χ0v) is 18.4. The van der Waals surface area contributed by atoms with Crippen molar-refractivity contribution in [3.05, 3.63) is 97.2 Å². The Morgan fingerprint density at radius 2 is 1.76 bits per heavy atom. The molecule has 1 aliphatic heterocycles. The van der Waals surface area contributed by atoms with Gasteiger partial charge in [0, 0.05) is 20.5 Å². The van der Waals surface area contributed by atoms with Crippen LogP contribution in [0, 0.1) is 0 Å². The normalized spacial score (nSPS) is 14.8. The minimum atomic E-state index is -0.874. The van der Waals surface area contributed by atoms with Gasteiger partial charge in [0.05, 0.1) is 11.1 Å². The highest BCUT2D eigenvalue weighted by Crippen LogP contribution is 2.31. The summed E-state index contributed by atoms with van der Waals surface area (Å²) in [5.74, 6) is -2.46. The third-order valence-electron chi connectivity index (χ3n) is 5.71. The lowest BCUT2D eigenvalue weighted by atomic mass is 9.93. The standard InChI is InChI=1S/C24H21N3O7/c1-26-20(25)19(21(29)27(2)24(26)32)17(28)12-33-22(30)14-8-9-16-15(10-14)11-18(34-23(16)31)13-6-4-3-5-7-13/h3-10,18H,11-12,25H2,1-2H3/t18-/m0/s1. The highest BCUT2D eigenvalue weighted by molar-refractivity contribution is 6.02. The van der Waals surface area contributed by atoms with Crippen LogP contribution in [0.2, 0.25) is 0 Å². The van der Waals surface area contributed by atoms with Crippen LogP contribution in [0.3, 0.4) is 0 Å². The van der Waals surface area contributed by atoms with Gasteiger partial charge in [-0.1, -0.05) is 30.3 Å². The van der Waals surface area contributed by atoms with E-state index >= 15 is 0 Å². The van der Waals surface area contributed by atoms with Gasteiger partial charge in [0.25, 0.3) is 5.56 Å². The summed E-state index contributed by atoms with van der Waals surface area (Å²) in [6.45, 7) is -0.748. The van der Waals surface area contributed by atoms with E-state index in [1.54, 1.807) is 0 Å². The maximum absolute atomic E-state index is 12.6. The van der Waals surface area contributed by atoms with Gasteiger partial charge in [0.1, 0.15) is 17.5 Å². The Balaban J connectivity index is 1.52. The number of benzene rings is 2. The minimum Gasteiger partial charge on any atom is -0.454 e. The minimum absolute atomic E-state index is 0.134. The van der Waals surface area contributed by atoms with Crippen molar-refractivity contribution in [2.24, 2.45) is 14.1 Å². The van der Waals surface area contributed by atoms with E-state index < -0.39 is 47.2 Å². The number of nitrogens with two attached hydrogens (primary N) is 1. The molecule has 0 unspecified atom stereocenters. The second-order valence-corrected chi connectivity index (χ2v) is 7.85. The Morgan fingerprint density at radius 3 is 2.47 bits per heavy atom. The topological polar surface area (TPSA) is 140 Å². The van der Waals surface area contributed by atoms with Gasteiger partial charge in [-0.2, -0.15) is 0 Å². The molecule has 1 aliphatic rings. The highest BCUT2D eigenvalue weighted by Gasteiger charge is 2.28. The number of carbonyl (C=O) groups is 3. The number of rotatable bonds is 5. The maximum Gasteiger partial charge on any atom is 0.339 e. The number of cyclic esters (lactones) is 1. The van der Waals surface area contributed by atoms with Crippen molar-refractivity contribution in [3.8, 4) is 0 Å². The number of hydrogen-bond donors (Lipinski definition) is 1. The number of aromatic nitrogens is 2. The molecule has 0 aliphatic carbocycles. The van der Waals surface area contributed by atoms with E-state index in [0.717, 1.165) is 14.7 Å². The number of hydrogen-bond acceptors (Lipinski definition) is 8. The lowest BCUT2D eigenvalue weighted by Gasteiger charge is -2.25. The molecule has 1 aromatic heterocycles. The Kier molecular flexibility index (Phi) is 5.89. The first-order chi connectivity index (χ1) is 16.2. The number of nitrogens with zero attached hydrogens (tertiary/aromatic N) is 2. The predicted molar refractivity (Wildman–Crippen MR) is 121 cm³/mol. The van der Waals surface area contributed by atoms with E-state index in [1.807, 2.05) is 30.3 Å². The molecule has 0 fully saturated rings. The summed E-state index contributed by atoms with van der Waals surface area (Å²) < 4.78 is 12.3. The van der Waals surface area contributed by atoms with Crippen LogP contribution in [0.15, 0.2) is 58.1 Å². The first-order valence-electron chi connectivity index (χ1n) is 10.3. The van der Waals surface area contributed by atoms with Gasteiger partial charge in [-0.15, -0.1) is 0 Å². The molecular formula is C24H21N3O7. The molecule has 0 spiro atoms. The third kappa shape index (κ3) is 4.01. The van der Waals surface area contributed by atoms with E-state index in [4.69, 9.17) is 15.2 Å². The SMILES string of the molecule is Cn1c(N)c(C(=O)COC(=O)c2ccc3c(c2)C[C@@H](c2ccccc2)OC3=O)c(=O)n(C)c1=O. The van der Waals surface area contributed by atoms with Crippen molar-refractivity contribution in [2.45, 2.75) is 12.5 Å². The molecule has 10 heteroatoms. The van der Waals surface area contributed by atoms with E-state index in [0.29, 0.717) is 17.5 Å². The van der Waals surface area contributed by atoms with Crippen LogP contribution in [0.4, 0.5) is 5.82 Å². The lowest BCUT2D eigenvalue weighted by molar-refractivity contribution is 0.0251. The average Bonchev–Trinajstić information content (AvgIpc) is 2.85. The number of anilines is 1. The number of Topliss-reactive ketones (excluding diaryl/α,β-unsaturated/α-hetero) is 1. The second-order valence-electron chi connectivity index (χ2n) is 7.85. The Hall–Kier alpha value is -4.47. The van der Waals surface area contributed by atoms with Crippen molar-refractivity contribution in [1.82, 2.24) is 9.13 Å². The molecule has 0 amide bonds. The molecule has 3 aromatic rings. The molecule has 2 N–H and O–H groups in total. The molecule has 2 heterocycles. The number of carbonyl (C=O) groups excluding carboxylic acids is 3. The van der Waals surface area contributed by atoms with Crippen LogP contribution in [-0.2, 0) is 30.0 Å². The lowest BCUT2D eigenvalue weighted by Crippen LogP contribution is -2.42. The van der Waals surface area contributed by atoms with E-state index in [-0.39, 0.29) is 11.4 Å². The Labute approximate surface area is 193 Å². The fourth-order valence-corrected chi connectivity index (χ4v) is 3.78. The van der Waals surface area contributed by atoms with Gasteiger partial charge in [0.15, 0.2) is 6.61 Å². The first kappa shape index (κ1) is 22.7. The molecule has 0 saturated carbocycles. The fraction of sp³-hybridized carbons (Fsp3) is 0.208. The van der Waals surface area contributed by atoms with Crippen LogP contribution in [0.1, 0.15) is 48.3 Å². The van der Waals surface area contributed by atoms with Crippen LogP contribution in [0.25, 0.3) is 0 Å². The van der Waals surface area contributed by atoms with Crippen molar-refractivity contribution in [1.29, 1.82) is 0 Å². The quantitative estimate of drug-likeness (QED) is 0.439. The van der Waals surface area contributed by atoms with E-state index in [1.165, 1.54) is 32.3 Å². The van der Waals surface area contributed by atoms with Gasteiger partial charge in [0.2, 0.25) is 5.78 Å². The molecule has 4 rings (SSSR count). The molecule has 10 nitrogen and oxygen atoms in total. The van der Waals surface area contributed by atoms with Gasteiger partial charge in [-0.25, -0.2) is 14.4 Å². The maximum atomic E-state index is 12.6. The summed E-state index contributed by atoms with van der Waals surface area (Å²) in [6, 6.07) is 13.6. The Bertz CT molecular complexity index is 1440. The number of ketones is 1. The predicted octanol–water partition coefficient (Wildman–Crippen LogP) is 1.16. The zero-order valence-electron chi connectivity index (χ0n) is 18.4. The van der Waals surface area contributed by atoms with Crippen molar-refractivity contribution < 1.29 is 23.9 Å². The Morgan fingerprint density at radius 1 is 1.06 bits per heavy atom. The molecule has 0 radical (unpaired) electrons. The summed E-state index contributed by atoms with van der Waals surface area (Å²) in [5.41, 5.74) is 5.70. The van der Waals surface area contributed by atoms with Crippen molar-refractivity contribution >= 4 is 23.5 Å². The highest BCUT2D eigenvalue weighted by atomic mass is 16.5. The van der Waals surface area contributed by atoms with Crippen LogP contribution in [-0.4, -0.2) is 33.5 Å². The van der Waals surface area contributed by atoms with Gasteiger partial charge in [-0.05, 0) is 29.3 Å². The summed E-state index contributed by atoms with van der Waals surface area (Å²) >= 11 is 0. The first-order valence-corrected chi connectivity index (χ1v) is 10.3. The van der Waals surface area contributed by atoms with Crippen molar-refractivity contribution in [3.63, 3.8) is 0 Å². The summed E-state index contributed by atoms with van der Waals surface area (Å²) in [5, 5.41) is 0. The zero-order chi connectivity index (χ0) is 24.6. The molecular weight excluding hydrogens is 442 g/mol. The molecule has 0 bridgehead atoms. The van der Waals surface area contributed by atoms with Gasteiger partial charge >= 0.3 is 17.6 Å². The van der Waals surface area contributed by atoms with Crippen LogP contribution in [0.5, 0.6) is 0 Å². The van der Waals surface area contributed by atoms with E-state index in [2.05, 4.69) is 0 Å². The van der Waals surface area contributed by atoms with Crippen molar-refractivity contribution in [2.75, 3.05) is 12.3 Å². The molecule has 34 heavy (non-hydrogen) atoms. The summed E-state index contributed by atoms with van der Waals surface area (Å²) in [7, 11) is 2.54. The monoisotopic (exact) mass is 463 g/mol. The number of ether oxygens (including phenoxy) is 2. The van der Waals surface area contributed by atoms with Gasteiger partial charge in [-0.3, -0.25) is 18.7 Å². The third-order valence-corrected chi connectivity index (χ3v) is 5.71. The molecule has 1 atom stereocenters. The largest absolute Gasteiger partial charge is 0.454 e. The molecule has 2 aromatic carbocycles. The number of esters is 2. The molecule has 174 valence electrons. The summed E-state index contributed by atoms with van der Waals surface area (Å²) in [4.78, 5) is 61.8. The van der Waals surface area contributed by atoms with Crippen LogP contribution >= 0.6 is 0 Å². The smallest absolute Gasteiger partial charge is 0.339 e. The van der Waals surface area contributed by atoms with E-state index in [9.17, 15) is 24.0 Å². The second kappa shape index (κ2) is 8.81. The summed E-state index contributed by atoms with van der Waals surface area (Å²) in [6.07, 6.45) is -0.117. The molecule has 0 saturated heterocycles.